The third-order valence-corrected chi connectivity index (χ3v) is 5.19. The Kier molecular flexibility index (Phi) is 3.76. The number of hydrogen-bond donors (Lipinski definition) is 0. The van der Waals surface area contributed by atoms with Crippen molar-refractivity contribution in [1.29, 1.82) is 10.5 Å². The SMILES string of the molecule is CN1C(=O)C(c2ccc(C#N)cc2)(c2ccc(C#N)cc2)c2ccccc21. The molecule has 0 spiro atoms. The smallest absolute Gasteiger partial charge is 0.246 e. The van der Waals surface area contributed by atoms with Crippen LogP contribution in [0.3, 0.4) is 0 Å². The molecule has 3 aromatic rings. The van der Waals surface area contributed by atoms with E-state index < -0.39 is 5.41 Å². The maximum absolute atomic E-state index is 13.6. The molecule has 0 fully saturated rings. The highest BCUT2D eigenvalue weighted by Crippen LogP contribution is 2.49. The highest BCUT2D eigenvalue weighted by atomic mass is 16.2. The van der Waals surface area contributed by atoms with Crippen LogP contribution in [0.15, 0.2) is 72.8 Å². The molecule has 3 aromatic carbocycles. The Hall–Kier alpha value is -3.89. The molecule has 27 heavy (non-hydrogen) atoms. The predicted molar refractivity (Wildman–Crippen MR) is 102 cm³/mol. The standard InChI is InChI=1S/C23H15N3O/c1-26-21-5-3-2-4-20(21)23(22(26)27,18-10-6-16(14-24)7-11-18)19-12-8-17(15-25)9-13-19/h2-13H,1H3. The minimum absolute atomic E-state index is 0.0573. The van der Waals surface area contributed by atoms with Crippen molar-refractivity contribution >= 4 is 11.6 Å². The maximum atomic E-state index is 13.6. The van der Waals surface area contributed by atoms with Gasteiger partial charge in [-0.1, -0.05) is 42.5 Å². The van der Waals surface area contributed by atoms with Gasteiger partial charge in [0.2, 0.25) is 5.91 Å². The number of carbonyl (C=O) groups is 1. The highest BCUT2D eigenvalue weighted by Gasteiger charge is 2.52. The van der Waals surface area contributed by atoms with Crippen LogP contribution in [0.1, 0.15) is 27.8 Å². The minimum Gasteiger partial charge on any atom is -0.314 e. The summed E-state index contributed by atoms with van der Waals surface area (Å²) in [7, 11) is 1.77. The molecule has 0 N–H and O–H groups in total. The summed E-state index contributed by atoms with van der Waals surface area (Å²) in [5.74, 6) is -0.0573. The highest BCUT2D eigenvalue weighted by molar-refractivity contribution is 6.12. The number of nitrogens with zero attached hydrogens (tertiary/aromatic N) is 3. The van der Waals surface area contributed by atoms with Gasteiger partial charge < -0.3 is 4.90 Å². The average molecular weight is 349 g/mol. The van der Waals surface area contributed by atoms with Gasteiger partial charge in [-0.05, 0) is 41.5 Å². The maximum Gasteiger partial charge on any atom is 0.246 e. The van der Waals surface area contributed by atoms with Crippen molar-refractivity contribution < 1.29 is 4.79 Å². The summed E-state index contributed by atoms with van der Waals surface area (Å²) >= 11 is 0. The van der Waals surface area contributed by atoms with E-state index in [0.717, 1.165) is 22.4 Å². The number of likely N-dealkylation sites (N-methyl/N-ethyl adjacent to an activating group) is 1. The third-order valence-electron chi connectivity index (χ3n) is 5.19. The molecule has 1 heterocycles. The van der Waals surface area contributed by atoms with E-state index in [9.17, 15) is 4.79 Å². The fraction of sp³-hybridized carbons (Fsp3) is 0.0870. The summed E-state index contributed by atoms with van der Waals surface area (Å²) in [6.07, 6.45) is 0. The van der Waals surface area contributed by atoms with Gasteiger partial charge >= 0.3 is 0 Å². The Labute approximate surface area is 157 Å². The third kappa shape index (κ3) is 2.25. The van der Waals surface area contributed by atoms with Gasteiger partial charge in [-0.2, -0.15) is 10.5 Å². The van der Waals surface area contributed by atoms with Crippen molar-refractivity contribution in [1.82, 2.24) is 0 Å². The van der Waals surface area contributed by atoms with Crippen molar-refractivity contribution in [2.24, 2.45) is 0 Å². The molecule has 0 aliphatic carbocycles. The van der Waals surface area contributed by atoms with E-state index in [0.29, 0.717) is 11.1 Å². The number of amides is 1. The van der Waals surface area contributed by atoms with E-state index >= 15 is 0 Å². The Morgan fingerprint density at radius 1 is 0.778 bits per heavy atom. The van der Waals surface area contributed by atoms with Gasteiger partial charge in [0.05, 0.1) is 23.3 Å². The molecule has 0 saturated carbocycles. The van der Waals surface area contributed by atoms with Crippen LogP contribution in [0, 0.1) is 22.7 Å². The molecule has 1 amide bonds. The molecule has 0 aromatic heterocycles. The number of anilines is 1. The summed E-state index contributed by atoms with van der Waals surface area (Å²) in [5, 5.41) is 18.3. The number of carbonyl (C=O) groups excluding carboxylic acids is 1. The molecule has 0 atom stereocenters. The first-order valence-corrected chi connectivity index (χ1v) is 8.52. The fourth-order valence-corrected chi connectivity index (χ4v) is 3.87. The fourth-order valence-electron chi connectivity index (χ4n) is 3.87. The Bertz CT molecular complexity index is 1060. The largest absolute Gasteiger partial charge is 0.314 e. The van der Waals surface area contributed by atoms with Crippen LogP contribution >= 0.6 is 0 Å². The zero-order valence-corrected chi connectivity index (χ0v) is 14.7. The quantitative estimate of drug-likeness (QED) is 0.708. The van der Waals surface area contributed by atoms with E-state index in [4.69, 9.17) is 10.5 Å². The van der Waals surface area contributed by atoms with Crippen LogP contribution in [0.2, 0.25) is 0 Å². The minimum atomic E-state index is -1.01. The van der Waals surface area contributed by atoms with Gasteiger partial charge in [-0.3, -0.25) is 4.79 Å². The van der Waals surface area contributed by atoms with Crippen LogP contribution in [-0.4, -0.2) is 13.0 Å². The van der Waals surface area contributed by atoms with Crippen LogP contribution < -0.4 is 4.90 Å². The van der Waals surface area contributed by atoms with Crippen molar-refractivity contribution in [3.8, 4) is 12.1 Å². The van der Waals surface area contributed by atoms with Crippen LogP contribution in [0.4, 0.5) is 5.69 Å². The zero-order chi connectivity index (χ0) is 19.0. The molecule has 0 bridgehead atoms. The summed E-state index contributed by atoms with van der Waals surface area (Å²) in [5.41, 5.74) is 3.43. The Morgan fingerprint density at radius 3 is 1.74 bits per heavy atom. The second kappa shape index (κ2) is 6.12. The molecule has 4 heteroatoms. The van der Waals surface area contributed by atoms with Gasteiger partial charge in [0.15, 0.2) is 0 Å². The Morgan fingerprint density at radius 2 is 1.26 bits per heavy atom. The summed E-state index contributed by atoms with van der Waals surface area (Å²) in [4.78, 5) is 15.3. The van der Waals surface area contributed by atoms with Crippen molar-refractivity contribution in [3.05, 3.63) is 101 Å². The van der Waals surface area contributed by atoms with Gasteiger partial charge in [0.25, 0.3) is 0 Å². The number of benzene rings is 3. The summed E-state index contributed by atoms with van der Waals surface area (Å²) in [6, 6.07) is 26.3. The van der Waals surface area contributed by atoms with Crippen LogP contribution in [0.25, 0.3) is 0 Å². The molecular weight excluding hydrogens is 334 g/mol. The van der Waals surface area contributed by atoms with Crippen molar-refractivity contribution in [2.75, 3.05) is 11.9 Å². The summed E-state index contributed by atoms with van der Waals surface area (Å²) < 4.78 is 0. The van der Waals surface area contributed by atoms with Crippen LogP contribution in [0.5, 0.6) is 0 Å². The van der Waals surface area contributed by atoms with Gasteiger partial charge in [-0.15, -0.1) is 0 Å². The molecule has 4 nitrogen and oxygen atoms in total. The lowest BCUT2D eigenvalue weighted by atomic mass is 9.70. The van der Waals surface area contributed by atoms with E-state index in [1.54, 1.807) is 36.2 Å². The zero-order valence-electron chi connectivity index (χ0n) is 14.7. The van der Waals surface area contributed by atoms with E-state index in [1.165, 1.54) is 0 Å². The lowest BCUT2D eigenvalue weighted by molar-refractivity contribution is -0.120. The molecular formula is C23H15N3O. The van der Waals surface area contributed by atoms with E-state index in [2.05, 4.69) is 12.1 Å². The number of nitriles is 2. The summed E-state index contributed by atoms with van der Waals surface area (Å²) in [6.45, 7) is 0. The first-order valence-electron chi connectivity index (χ1n) is 8.52. The molecule has 128 valence electrons. The molecule has 1 aliphatic rings. The number of rotatable bonds is 2. The van der Waals surface area contributed by atoms with E-state index in [1.807, 2.05) is 48.5 Å². The van der Waals surface area contributed by atoms with Gasteiger partial charge in [0, 0.05) is 18.3 Å². The lowest BCUT2D eigenvalue weighted by Crippen LogP contribution is -2.40. The van der Waals surface area contributed by atoms with Crippen molar-refractivity contribution in [2.45, 2.75) is 5.41 Å². The molecule has 1 aliphatic heterocycles. The molecule has 0 saturated heterocycles. The first kappa shape index (κ1) is 16.6. The number of hydrogen-bond acceptors (Lipinski definition) is 3. The number of fused-ring (bicyclic) bond motifs is 1. The van der Waals surface area contributed by atoms with Gasteiger partial charge in [-0.25, -0.2) is 0 Å². The predicted octanol–water partition coefficient (Wildman–Crippen LogP) is 3.74. The Balaban J connectivity index is 2.06. The lowest BCUT2D eigenvalue weighted by Gasteiger charge is -2.30. The first-order chi connectivity index (χ1) is 13.1. The monoisotopic (exact) mass is 349 g/mol. The molecule has 0 unspecified atom stereocenters. The normalized spacial score (nSPS) is 14.3. The number of para-hydroxylation sites is 1. The van der Waals surface area contributed by atoms with Gasteiger partial charge in [0.1, 0.15) is 5.41 Å². The average Bonchev–Trinajstić information content (AvgIpc) is 2.96. The second-order valence-corrected chi connectivity index (χ2v) is 6.51. The molecule has 0 radical (unpaired) electrons. The molecule has 4 rings (SSSR count). The van der Waals surface area contributed by atoms with E-state index in [-0.39, 0.29) is 5.91 Å². The second-order valence-electron chi connectivity index (χ2n) is 6.51. The van der Waals surface area contributed by atoms with Crippen molar-refractivity contribution in [3.63, 3.8) is 0 Å². The van der Waals surface area contributed by atoms with Crippen LogP contribution in [-0.2, 0) is 10.2 Å². The topological polar surface area (TPSA) is 67.9 Å².